The van der Waals surface area contributed by atoms with Crippen molar-refractivity contribution in [1.29, 1.82) is 0 Å². The molecule has 0 spiro atoms. The monoisotopic (exact) mass is 397 g/mol. The van der Waals surface area contributed by atoms with Crippen molar-refractivity contribution in [2.24, 2.45) is 0 Å². The molecule has 0 radical (unpaired) electrons. The fraction of sp³-hybridized carbons (Fsp3) is 0.300. The SMILES string of the molecule is O=[N+]([O-])c1c(Cl)nc2ncccc2c1NCc1ccc(CN2CCCC2)cc1. The van der Waals surface area contributed by atoms with Crippen molar-refractivity contribution in [3.63, 3.8) is 0 Å². The van der Waals surface area contributed by atoms with Crippen molar-refractivity contribution in [3.05, 3.63) is 69.0 Å². The molecule has 1 aliphatic heterocycles. The molecule has 1 saturated heterocycles. The van der Waals surface area contributed by atoms with Crippen LogP contribution in [0.25, 0.3) is 11.0 Å². The van der Waals surface area contributed by atoms with Gasteiger partial charge in [0.15, 0.2) is 5.65 Å². The maximum absolute atomic E-state index is 11.5. The van der Waals surface area contributed by atoms with Gasteiger partial charge in [-0.3, -0.25) is 15.0 Å². The van der Waals surface area contributed by atoms with E-state index in [-0.39, 0.29) is 10.8 Å². The summed E-state index contributed by atoms with van der Waals surface area (Å²) in [5.41, 5.74) is 2.80. The third kappa shape index (κ3) is 3.90. The Morgan fingerprint density at radius 2 is 1.86 bits per heavy atom. The number of hydrogen-bond acceptors (Lipinski definition) is 6. The molecular formula is C20H20ClN5O2. The third-order valence-corrected chi connectivity index (χ3v) is 5.24. The lowest BCUT2D eigenvalue weighted by molar-refractivity contribution is -0.384. The van der Waals surface area contributed by atoms with Crippen molar-refractivity contribution in [3.8, 4) is 0 Å². The second-order valence-corrected chi connectivity index (χ2v) is 7.27. The summed E-state index contributed by atoms with van der Waals surface area (Å²) in [7, 11) is 0. The van der Waals surface area contributed by atoms with Crippen LogP contribution in [0.3, 0.4) is 0 Å². The zero-order valence-corrected chi connectivity index (χ0v) is 16.0. The number of aromatic nitrogens is 2. The normalized spacial score (nSPS) is 14.5. The molecule has 28 heavy (non-hydrogen) atoms. The van der Waals surface area contributed by atoms with Crippen LogP contribution in [0.1, 0.15) is 24.0 Å². The van der Waals surface area contributed by atoms with Crippen molar-refractivity contribution in [2.45, 2.75) is 25.9 Å². The van der Waals surface area contributed by atoms with Gasteiger partial charge in [0.25, 0.3) is 0 Å². The summed E-state index contributed by atoms with van der Waals surface area (Å²) in [6.07, 6.45) is 4.14. The fourth-order valence-corrected chi connectivity index (χ4v) is 3.80. The molecule has 8 heteroatoms. The van der Waals surface area contributed by atoms with E-state index in [9.17, 15) is 10.1 Å². The Bertz CT molecular complexity index is 1000. The van der Waals surface area contributed by atoms with E-state index in [1.807, 2.05) is 12.1 Å². The van der Waals surface area contributed by atoms with Gasteiger partial charge in [0.2, 0.25) is 5.15 Å². The largest absolute Gasteiger partial charge is 0.375 e. The maximum Gasteiger partial charge on any atom is 0.330 e. The Hall–Kier alpha value is -2.77. The fourth-order valence-electron chi connectivity index (χ4n) is 3.56. The van der Waals surface area contributed by atoms with Gasteiger partial charge in [-0.15, -0.1) is 0 Å². The zero-order valence-electron chi connectivity index (χ0n) is 15.3. The molecule has 2 aromatic heterocycles. The van der Waals surface area contributed by atoms with E-state index in [4.69, 9.17) is 11.6 Å². The van der Waals surface area contributed by atoms with Crippen LogP contribution in [-0.2, 0) is 13.1 Å². The highest BCUT2D eigenvalue weighted by Gasteiger charge is 2.24. The standard InChI is InChI=1S/C20H20ClN5O2/c21-19-18(26(27)28)17(16-4-3-9-22-20(16)24-19)23-12-14-5-7-15(8-6-14)13-25-10-1-2-11-25/h3-9H,1-2,10-13H2,(H,22,23,24). The van der Waals surface area contributed by atoms with Crippen LogP contribution in [0.5, 0.6) is 0 Å². The predicted octanol–water partition coefficient (Wildman–Crippen LogP) is 4.40. The van der Waals surface area contributed by atoms with Crippen molar-refractivity contribution in [2.75, 3.05) is 18.4 Å². The van der Waals surface area contributed by atoms with E-state index in [1.165, 1.54) is 18.4 Å². The summed E-state index contributed by atoms with van der Waals surface area (Å²) in [5.74, 6) is 0. The quantitative estimate of drug-likeness (QED) is 0.377. The number of likely N-dealkylation sites (tertiary alicyclic amines) is 1. The average molecular weight is 398 g/mol. The lowest BCUT2D eigenvalue weighted by Gasteiger charge is -2.15. The first-order chi connectivity index (χ1) is 13.6. The zero-order chi connectivity index (χ0) is 19.5. The van der Waals surface area contributed by atoms with E-state index >= 15 is 0 Å². The summed E-state index contributed by atoms with van der Waals surface area (Å²) in [6, 6.07) is 11.8. The van der Waals surface area contributed by atoms with Crippen LogP contribution >= 0.6 is 11.6 Å². The number of nitrogens with zero attached hydrogens (tertiary/aromatic N) is 4. The Balaban J connectivity index is 1.55. The predicted molar refractivity (Wildman–Crippen MR) is 109 cm³/mol. The number of halogens is 1. The molecule has 0 saturated carbocycles. The summed E-state index contributed by atoms with van der Waals surface area (Å²) < 4.78 is 0. The molecule has 0 unspecified atom stereocenters. The van der Waals surface area contributed by atoms with Gasteiger partial charge < -0.3 is 5.32 Å². The lowest BCUT2D eigenvalue weighted by atomic mass is 10.1. The Morgan fingerprint density at radius 3 is 2.57 bits per heavy atom. The number of hydrogen-bond donors (Lipinski definition) is 1. The number of nitro groups is 1. The molecule has 1 aromatic carbocycles. The van der Waals surface area contributed by atoms with Crippen molar-refractivity contribution >= 4 is 34.0 Å². The van der Waals surface area contributed by atoms with Gasteiger partial charge in [0.05, 0.1) is 4.92 Å². The molecule has 0 aliphatic carbocycles. The first kappa shape index (κ1) is 18.6. The minimum Gasteiger partial charge on any atom is -0.375 e. The highest BCUT2D eigenvalue weighted by Crippen LogP contribution is 2.36. The van der Waals surface area contributed by atoms with Crippen LogP contribution < -0.4 is 5.32 Å². The number of anilines is 1. The van der Waals surface area contributed by atoms with Crippen LogP contribution in [0.15, 0.2) is 42.6 Å². The molecule has 1 N–H and O–H groups in total. The van der Waals surface area contributed by atoms with E-state index in [0.29, 0.717) is 23.3 Å². The third-order valence-electron chi connectivity index (χ3n) is 4.97. The average Bonchev–Trinajstić information content (AvgIpc) is 3.19. The number of pyridine rings is 2. The van der Waals surface area contributed by atoms with Crippen LogP contribution in [-0.4, -0.2) is 32.9 Å². The summed E-state index contributed by atoms with van der Waals surface area (Å²) in [4.78, 5) is 21.7. The molecule has 0 atom stereocenters. The molecule has 4 rings (SSSR count). The van der Waals surface area contributed by atoms with Gasteiger partial charge in [0.1, 0.15) is 5.69 Å². The molecule has 0 bridgehead atoms. The van der Waals surface area contributed by atoms with Gasteiger partial charge in [-0.05, 0) is 49.2 Å². The number of rotatable bonds is 6. The summed E-state index contributed by atoms with van der Waals surface area (Å²) >= 11 is 6.05. The van der Waals surface area contributed by atoms with Gasteiger partial charge in [0, 0.05) is 24.7 Å². The van der Waals surface area contributed by atoms with Gasteiger partial charge in [-0.2, -0.15) is 0 Å². The van der Waals surface area contributed by atoms with Gasteiger partial charge in [-0.1, -0.05) is 35.9 Å². The maximum atomic E-state index is 11.5. The summed E-state index contributed by atoms with van der Waals surface area (Å²) in [5, 5.41) is 15.1. The van der Waals surface area contributed by atoms with E-state index in [1.54, 1.807) is 18.3 Å². The smallest absolute Gasteiger partial charge is 0.330 e. The van der Waals surface area contributed by atoms with Gasteiger partial charge in [-0.25, -0.2) is 9.97 Å². The molecule has 0 amide bonds. The van der Waals surface area contributed by atoms with Gasteiger partial charge >= 0.3 is 5.69 Å². The lowest BCUT2D eigenvalue weighted by Crippen LogP contribution is -2.18. The molecule has 1 aliphatic rings. The molecule has 1 fully saturated rings. The Morgan fingerprint density at radius 1 is 1.14 bits per heavy atom. The highest BCUT2D eigenvalue weighted by molar-refractivity contribution is 6.33. The van der Waals surface area contributed by atoms with Crippen molar-refractivity contribution < 1.29 is 4.92 Å². The minimum atomic E-state index is -0.511. The number of nitrogens with one attached hydrogen (secondary N) is 1. The topological polar surface area (TPSA) is 84.2 Å². The second-order valence-electron chi connectivity index (χ2n) is 6.91. The van der Waals surface area contributed by atoms with Crippen LogP contribution in [0.4, 0.5) is 11.4 Å². The van der Waals surface area contributed by atoms with Crippen LogP contribution in [0.2, 0.25) is 5.15 Å². The summed E-state index contributed by atoms with van der Waals surface area (Å²) in [6.45, 7) is 3.73. The molecule has 3 aromatic rings. The molecular weight excluding hydrogens is 378 g/mol. The van der Waals surface area contributed by atoms with Crippen LogP contribution in [0, 0.1) is 10.1 Å². The Kier molecular flexibility index (Phi) is 5.36. The van der Waals surface area contributed by atoms with Crippen molar-refractivity contribution in [1.82, 2.24) is 14.9 Å². The first-order valence-corrected chi connectivity index (χ1v) is 9.62. The molecule has 3 heterocycles. The highest BCUT2D eigenvalue weighted by atomic mass is 35.5. The molecule has 7 nitrogen and oxygen atoms in total. The van der Waals surface area contributed by atoms with E-state index < -0.39 is 4.92 Å². The Labute approximate surface area is 167 Å². The second kappa shape index (κ2) is 8.08. The first-order valence-electron chi connectivity index (χ1n) is 9.24. The van der Waals surface area contributed by atoms with E-state index in [0.717, 1.165) is 25.2 Å². The molecule has 144 valence electrons. The number of fused-ring (bicyclic) bond motifs is 1. The number of benzene rings is 1. The van der Waals surface area contributed by atoms with E-state index in [2.05, 4.69) is 32.3 Å². The minimum absolute atomic E-state index is 0.167.